The van der Waals surface area contributed by atoms with Crippen LogP contribution < -0.4 is 4.74 Å². The average Bonchev–Trinajstić information content (AvgIpc) is 2.96. The van der Waals surface area contributed by atoms with Crippen molar-refractivity contribution < 1.29 is 4.74 Å². The third-order valence-corrected chi connectivity index (χ3v) is 3.90. The Balaban J connectivity index is 2.00. The highest BCUT2D eigenvalue weighted by Crippen LogP contribution is 2.31. The number of hydrogen-bond donors (Lipinski definition) is 0. The molecule has 0 N–H and O–H groups in total. The van der Waals surface area contributed by atoms with E-state index in [-0.39, 0.29) is 0 Å². The third kappa shape index (κ3) is 1.68. The highest BCUT2D eigenvalue weighted by Gasteiger charge is 2.14. The van der Waals surface area contributed by atoms with Gasteiger partial charge in [-0.15, -0.1) is 21.8 Å². The number of nitrogens with zero attached hydrogens (tertiary/aromatic N) is 2. The molecule has 0 unspecified atom stereocenters. The van der Waals surface area contributed by atoms with Crippen LogP contribution in [0.1, 0.15) is 10.6 Å². The maximum absolute atomic E-state index is 5.71. The lowest BCUT2D eigenvalue weighted by Crippen LogP contribution is -1.85. The van der Waals surface area contributed by atoms with Gasteiger partial charge in [0.15, 0.2) is 0 Å². The highest BCUT2D eigenvalue weighted by atomic mass is 35.5. The Bertz CT molecular complexity index is 526. The van der Waals surface area contributed by atoms with Crippen molar-refractivity contribution >= 4 is 22.9 Å². The summed E-state index contributed by atoms with van der Waals surface area (Å²) in [7, 11) is 0. The van der Waals surface area contributed by atoms with E-state index in [1.165, 1.54) is 16.9 Å². The molecule has 0 aliphatic carbocycles. The second-order valence-corrected chi connectivity index (χ2v) is 4.88. The van der Waals surface area contributed by atoms with Crippen molar-refractivity contribution in [2.24, 2.45) is 0 Å². The number of alkyl halides is 1. The summed E-state index contributed by atoms with van der Waals surface area (Å²) >= 11 is 7.25. The number of aromatic nitrogens is 2. The smallest absolute Gasteiger partial charge is 0.147 e. The van der Waals surface area contributed by atoms with Gasteiger partial charge in [-0.25, -0.2) is 0 Å². The molecule has 0 spiro atoms. The molecule has 3 nitrogen and oxygen atoms in total. The van der Waals surface area contributed by atoms with Gasteiger partial charge >= 0.3 is 0 Å². The summed E-state index contributed by atoms with van der Waals surface area (Å²) < 4.78 is 5.46. The molecule has 0 saturated carbocycles. The Hall–Kier alpha value is -1.13. The van der Waals surface area contributed by atoms with Gasteiger partial charge in [-0.3, -0.25) is 0 Å². The quantitative estimate of drug-likeness (QED) is 0.771. The predicted molar refractivity (Wildman–Crippen MR) is 64.1 cm³/mol. The normalized spacial score (nSPS) is 13.6. The monoisotopic (exact) mass is 252 g/mol. The van der Waals surface area contributed by atoms with Crippen LogP contribution in [0.15, 0.2) is 18.2 Å². The van der Waals surface area contributed by atoms with E-state index >= 15 is 0 Å². The van der Waals surface area contributed by atoms with Crippen molar-refractivity contribution in [1.29, 1.82) is 0 Å². The lowest BCUT2D eigenvalue weighted by atomic mass is 10.1. The van der Waals surface area contributed by atoms with Gasteiger partial charge in [-0.1, -0.05) is 11.3 Å². The Morgan fingerprint density at radius 2 is 2.31 bits per heavy atom. The van der Waals surface area contributed by atoms with Crippen molar-refractivity contribution in [1.82, 2.24) is 10.2 Å². The van der Waals surface area contributed by atoms with Crippen LogP contribution in [0, 0.1) is 0 Å². The Labute approximate surface area is 102 Å². The second-order valence-electron chi connectivity index (χ2n) is 3.56. The minimum absolute atomic E-state index is 0.422. The topological polar surface area (TPSA) is 35.0 Å². The number of hydrogen-bond acceptors (Lipinski definition) is 4. The zero-order valence-corrected chi connectivity index (χ0v) is 10.0. The van der Waals surface area contributed by atoms with Crippen LogP contribution in [0.2, 0.25) is 0 Å². The summed E-state index contributed by atoms with van der Waals surface area (Å²) in [5.41, 5.74) is 2.35. The molecule has 2 heterocycles. The van der Waals surface area contributed by atoms with Crippen LogP contribution >= 0.6 is 22.9 Å². The molecule has 2 aromatic rings. The molecule has 1 aromatic carbocycles. The summed E-state index contributed by atoms with van der Waals surface area (Å²) in [6.45, 7) is 0.780. The lowest BCUT2D eigenvalue weighted by molar-refractivity contribution is 0.357. The van der Waals surface area contributed by atoms with Gasteiger partial charge in [-0.2, -0.15) is 0 Å². The van der Waals surface area contributed by atoms with Crippen molar-refractivity contribution in [2.75, 3.05) is 6.61 Å². The van der Waals surface area contributed by atoms with Crippen LogP contribution in [0.25, 0.3) is 10.6 Å². The van der Waals surface area contributed by atoms with E-state index < -0.39 is 0 Å². The molecule has 1 aromatic heterocycles. The highest BCUT2D eigenvalue weighted by molar-refractivity contribution is 7.14. The molecule has 0 saturated heterocycles. The SMILES string of the molecule is ClCc1nnc(-c2ccc3c(c2)CCO3)s1. The first-order chi connectivity index (χ1) is 7.86. The van der Waals surface area contributed by atoms with E-state index in [1.807, 2.05) is 12.1 Å². The van der Waals surface area contributed by atoms with Crippen molar-refractivity contribution in [3.63, 3.8) is 0 Å². The second kappa shape index (κ2) is 4.03. The van der Waals surface area contributed by atoms with Gasteiger partial charge in [0.1, 0.15) is 15.8 Å². The van der Waals surface area contributed by atoms with Crippen LogP contribution in [-0.4, -0.2) is 16.8 Å². The summed E-state index contributed by atoms with van der Waals surface area (Å²) in [6.07, 6.45) is 0.977. The van der Waals surface area contributed by atoms with Gasteiger partial charge in [0.05, 0.1) is 12.5 Å². The van der Waals surface area contributed by atoms with E-state index in [0.717, 1.165) is 34.4 Å². The van der Waals surface area contributed by atoms with Gasteiger partial charge in [0.25, 0.3) is 0 Å². The summed E-state index contributed by atoms with van der Waals surface area (Å²) in [4.78, 5) is 0. The van der Waals surface area contributed by atoms with Crippen LogP contribution in [0.3, 0.4) is 0 Å². The molecule has 82 valence electrons. The summed E-state index contributed by atoms with van der Waals surface area (Å²) in [5.74, 6) is 1.41. The minimum atomic E-state index is 0.422. The van der Waals surface area contributed by atoms with Crippen LogP contribution in [0.5, 0.6) is 5.75 Å². The number of halogens is 1. The van der Waals surface area contributed by atoms with E-state index in [2.05, 4.69) is 16.3 Å². The number of rotatable bonds is 2. The van der Waals surface area contributed by atoms with E-state index in [0.29, 0.717) is 5.88 Å². The molecule has 16 heavy (non-hydrogen) atoms. The Kier molecular flexibility index (Phi) is 2.53. The maximum atomic E-state index is 5.71. The van der Waals surface area contributed by atoms with Gasteiger partial charge < -0.3 is 4.74 Å². The van der Waals surface area contributed by atoms with Gasteiger partial charge in [0, 0.05) is 12.0 Å². The zero-order chi connectivity index (χ0) is 11.0. The average molecular weight is 253 g/mol. The molecule has 0 amide bonds. The summed E-state index contributed by atoms with van der Waals surface area (Å²) in [6, 6.07) is 6.14. The van der Waals surface area contributed by atoms with E-state index in [4.69, 9.17) is 16.3 Å². The maximum Gasteiger partial charge on any atom is 0.147 e. The molecule has 3 rings (SSSR count). The third-order valence-electron chi connectivity index (χ3n) is 2.52. The van der Waals surface area contributed by atoms with Crippen molar-refractivity contribution in [3.8, 4) is 16.3 Å². The molecule has 1 aliphatic rings. The fourth-order valence-corrected chi connectivity index (χ4v) is 2.65. The number of ether oxygens (including phenoxy) is 1. The summed E-state index contributed by atoms with van der Waals surface area (Å²) in [5, 5.41) is 9.91. The molecular formula is C11H9ClN2OS. The molecule has 5 heteroatoms. The van der Waals surface area contributed by atoms with E-state index in [9.17, 15) is 0 Å². The molecule has 0 bridgehead atoms. The van der Waals surface area contributed by atoms with Crippen molar-refractivity contribution in [2.45, 2.75) is 12.3 Å². The number of fused-ring (bicyclic) bond motifs is 1. The fourth-order valence-electron chi connectivity index (χ4n) is 1.74. The minimum Gasteiger partial charge on any atom is -0.493 e. The first-order valence-corrected chi connectivity index (χ1v) is 6.36. The standard InChI is InChI=1S/C11H9ClN2OS/c12-6-10-13-14-11(16-10)8-1-2-9-7(5-8)3-4-15-9/h1-2,5H,3-4,6H2. The van der Waals surface area contributed by atoms with E-state index in [1.54, 1.807) is 0 Å². The van der Waals surface area contributed by atoms with Gasteiger partial charge in [0.2, 0.25) is 0 Å². The Morgan fingerprint density at radius 3 is 3.12 bits per heavy atom. The fraction of sp³-hybridized carbons (Fsp3) is 0.273. The first kappa shape index (κ1) is 10.1. The molecule has 0 fully saturated rings. The molecule has 1 aliphatic heterocycles. The Morgan fingerprint density at radius 1 is 1.38 bits per heavy atom. The lowest BCUT2D eigenvalue weighted by Gasteiger charge is -2.00. The molecule has 0 atom stereocenters. The van der Waals surface area contributed by atoms with Crippen molar-refractivity contribution in [3.05, 3.63) is 28.8 Å². The molecular weight excluding hydrogens is 244 g/mol. The molecule has 0 radical (unpaired) electrons. The first-order valence-electron chi connectivity index (χ1n) is 5.01. The van der Waals surface area contributed by atoms with Gasteiger partial charge in [-0.05, 0) is 23.8 Å². The largest absolute Gasteiger partial charge is 0.493 e. The van der Waals surface area contributed by atoms with Crippen LogP contribution in [0.4, 0.5) is 0 Å². The van der Waals surface area contributed by atoms with Crippen LogP contribution in [-0.2, 0) is 12.3 Å². The predicted octanol–water partition coefficient (Wildman–Crippen LogP) is 2.88. The zero-order valence-electron chi connectivity index (χ0n) is 8.44. The number of benzene rings is 1.